The zero-order chi connectivity index (χ0) is 21.0. The first-order chi connectivity index (χ1) is 13.9. The fraction of sp³-hybridized carbons (Fsp3) is 0.190. The summed E-state index contributed by atoms with van der Waals surface area (Å²) in [5.41, 5.74) is 2.08. The highest BCUT2D eigenvalue weighted by atomic mass is 35.5. The first-order valence-corrected chi connectivity index (χ1v) is 9.82. The second kappa shape index (κ2) is 9.11. The third-order valence-electron chi connectivity index (χ3n) is 4.52. The van der Waals surface area contributed by atoms with Gasteiger partial charge in [0, 0.05) is 12.2 Å². The van der Waals surface area contributed by atoms with Crippen LogP contribution in [0.1, 0.15) is 12.5 Å². The average Bonchev–Trinajstić information content (AvgIpc) is 3.06. The molecule has 1 unspecified atom stereocenters. The molecule has 2 N–H and O–H groups in total. The van der Waals surface area contributed by atoms with Crippen molar-refractivity contribution in [1.29, 1.82) is 0 Å². The molecule has 1 amide bonds. The van der Waals surface area contributed by atoms with Gasteiger partial charge in [0.15, 0.2) is 0 Å². The number of nitrogens with one attached hydrogen (secondary N) is 1. The molecule has 0 fully saturated rings. The van der Waals surface area contributed by atoms with Crippen LogP contribution < -0.4 is 10.3 Å². The maximum atomic E-state index is 13.2. The molecule has 1 atom stereocenters. The molecule has 0 saturated heterocycles. The van der Waals surface area contributed by atoms with E-state index in [4.69, 9.17) is 23.2 Å². The van der Waals surface area contributed by atoms with Crippen molar-refractivity contribution >= 4 is 46.5 Å². The number of alkyl halides is 1. The van der Waals surface area contributed by atoms with Gasteiger partial charge in [-0.1, -0.05) is 54.1 Å². The van der Waals surface area contributed by atoms with E-state index in [2.05, 4.69) is 10.4 Å². The van der Waals surface area contributed by atoms with Gasteiger partial charge in [-0.3, -0.25) is 9.59 Å². The minimum atomic E-state index is -1.09. The number of amides is 1. The van der Waals surface area contributed by atoms with Crippen LogP contribution in [0.2, 0.25) is 5.02 Å². The quantitative estimate of drug-likeness (QED) is 0.511. The van der Waals surface area contributed by atoms with Crippen molar-refractivity contribution < 1.29 is 14.7 Å². The maximum absolute atomic E-state index is 13.2. The number of para-hydroxylation sites is 1. The molecule has 1 aliphatic rings. The summed E-state index contributed by atoms with van der Waals surface area (Å²) in [5.74, 6) is -2.57. The maximum Gasteiger partial charge on any atom is 0.312 e. The molecule has 0 aliphatic carbocycles. The number of benzene rings is 2. The predicted molar refractivity (Wildman–Crippen MR) is 114 cm³/mol. The van der Waals surface area contributed by atoms with Crippen molar-refractivity contribution in [3.8, 4) is 0 Å². The number of hydrazone groups is 1. The van der Waals surface area contributed by atoms with E-state index < -0.39 is 17.8 Å². The van der Waals surface area contributed by atoms with Crippen LogP contribution in [-0.4, -0.2) is 28.6 Å². The number of aliphatic carboxylic acids is 1. The molecule has 2 aromatic carbocycles. The molecule has 0 radical (unpaired) electrons. The zero-order valence-corrected chi connectivity index (χ0v) is 17.1. The monoisotopic (exact) mass is 431 g/mol. The van der Waals surface area contributed by atoms with Crippen molar-refractivity contribution in [3.05, 3.63) is 76.5 Å². The molecule has 0 bridgehead atoms. The number of hydrogen-bond acceptors (Lipinski definition) is 4. The van der Waals surface area contributed by atoms with Gasteiger partial charge >= 0.3 is 5.97 Å². The average molecular weight is 432 g/mol. The Hall–Kier alpha value is -2.83. The largest absolute Gasteiger partial charge is 0.481 e. The third-order valence-corrected chi connectivity index (χ3v) is 5.10. The fourth-order valence-corrected chi connectivity index (χ4v) is 3.36. The van der Waals surface area contributed by atoms with Crippen LogP contribution in [-0.2, 0) is 16.1 Å². The number of carbonyl (C=O) groups excluding carboxylic acids is 1. The van der Waals surface area contributed by atoms with Gasteiger partial charge in [-0.2, -0.15) is 10.1 Å². The van der Waals surface area contributed by atoms with E-state index in [9.17, 15) is 14.7 Å². The number of hydrogen-bond donors (Lipinski definition) is 2. The summed E-state index contributed by atoms with van der Waals surface area (Å²) in [4.78, 5) is 24.8. The number of carbonyl (C=O) groups is 2. The topological polar surface area (TPSA) is 82.0 Å². The normalized spacial score (nSPS) is 16.4. The van der Waals surface area contributed by atoms with Crippen LogP contribution in [0.3, 0.4) is 0 Å². The summed E-state index contributed by atoms with van der Waals surface area (Å²) >= 11 is 12.4. The number of carboxylic acids is 1. The van der Waals surface area contributed by atoms with E-state index in [1.165, 1.54) is 6.92 Å². The van der Waals surface area contributed by atoms with Gasteiger partial charge in [-0.05, 0) is 24.6 Å². The first-order valence-electron chi connectivity index (χ1n) is 8.91. The molecular weight excluding hydrogens is 413 g/mol. The molecule has 8 heteroatoms. The standard InChI is InChI=1S/C21H19Cl2N3O3/c1-13(21(28)29)19-18(16(11-22)24-12-14-7-3-2-4-8-14)20(27)26(25-19)17-10-6-5-9-15(17)23/h2-10,13,24H,11-12H2,1H3,(H,28,29)/b18-16-. The van der Waals surface area contributed by atoms with Crippen LogP contribution in [0.25, 0.3) is 0 Å². The lowest BCUT2D eigenvalue weighted by atomic mass is 9.97. The number of allylic oxidation sites excluding steroid dienone is 1. The second-order valence-corrected chi connectivity index (χ2v) is 7.11. The number of rotatable bonds is 7. The lowest BCUT2D eigenvalue weighted by Gasteiger charge is -2.15. The smallest absolute Gasteiger partial charge is 0.312 e. The summed E-state index contributed by atoms with van der Waals surface area (Å²) < 4.78 is 0. The Balaban J connectivity index is 2.02. The van der Waals surface area contributed by atoms with Crippen molar-refractivity contribution in [2.24, 2.45) is 11.0 Å². The van der Waals surface area contributed by atoms with Gasteiger partial charge in [0.1, 0.15) is 0 Å². The Morgan fingerprint density at radius 1 is 1.17 bits per heavy atom. The van der Waals surface area contributed by atoms with Crippen LogP contribution in [0, 0.1) is 5.92 Å². The lowest BCUT2D eigenvalue weighted by Crippen LogP contribution is -2.29. The number of halogens is 2. The lowest BCUT2D eigenvalue weighted by molar-refractivity contribution is -0.138. The Morgan fingerprint density at radius 3 is 2.45 bits per heavy atom. The fourth-order valence-electron chi connectivity index (χ4n) is 2.92. The second-order valence-electron chi connectivity index (χ2n) is 6.44. The molecule has 3 rings (SSSR count). The van der Waals surface area contributed by atoms with E-state index in [1.54, 1.807) is 24.3 Å². The van der Waals surface area contributed by atoms with Crippen LogP contribution in [0.5, 0.6) is 0 Å². The van der Waals surface area contributed by atoms with E-state index in [1.807, 2.05) is 30.3 Å². The molecule has 0 saturated carbocycles. The Bertz CT molecular complexity index is 990. The van der Waals surface area contributed by atoms with Crippen LogP contribution >= 0.6 is 23.2 Å². The van der Waals surface area contributed by atoms with Crippen molar-refractivity contribution in [2.75, 3.05) is 10.9 Å². The van der Waals surface area contributed by atoms with Gasteiger partial charge in [0.25, 0.3) is 5.91 Å². The zero-order valence-electron chi connectivity index (χ0n) is 15.6. The van der Waals surface area contributed by atoms with E-state index in [-0.39, 0.29) is 17.2 Å². The van der Waals surface area contributed by atoms with E-state index in [0.29, 0.717) is 23.0 Å². The summed E-state index contributed by atoms with van der Waals surface area (Å²) in [6, 6.07) is 16.3. The molecule has 0 aromatic heterocycles. The molecule has 2 aromatic rings. The van der Waals surface area contributed by atoms with Crippen LogP contribution in [0.4, 0.5) is 5.69 Å². The molecule has 0 spiro atoms. The first kappa shape index (κ1) is 20.9. The number of anilines is 1. The van der Waals surface area contributed by atoms with Gasteiger partial charge < -0.3 is 10.4 Å². The van der Waals surface area contributed by atoms with Crippen molar-refractivity contribution in [1.82, 2.24) is 5.32 Å². The predicted octanol–water partition coefficient (Wildman–Crippen LogP) is 4.05. The molecule has 1 heterocycles. The summed E-state index contributed by atoms with van der Waals surface area (Å²) in [6.07, 6.45) is 0. The van der Waals surface area contributed by atoms with Gasteiger partial charge in [-0.15, -0.1) is 11.6 Å². The highest BCUT2D eigenvalue weighted by molar-refractivity contribution is 6.38. The van der Waals surface area contributed by atoms with Crippen LogP contribution in [0.15, 0.2) is 71.0 Å². The molecule has 6 nitrogen and oxygen atoms in total. The van der Waals surface area contributed by atoms with Crippen molar-refractivity contribution in [2.45, 2.75) is 13.5 Å². The van der Waals surface area contributed by atoms with E-state index in [0.717, 1.165) is 10.6 Å². The molecule has 150 valence electrons. The highest BCUT2D eigenvalue weighted by Crippen LogP contribution is 2.32. The van der Waals surface area contributed by atoms with Crippen molar-refractivity contribution in [3.63, 3.8) is 0 Å². The summed E-state index contributed by atoms with van der Waals surface area (Å²) in [6.45, 7) is 1.91. The Morgan fingerprint density at radius 2 is 1.83 bits per heavy atom. The molecular formula is C21H19Cl2N3O3. The highest BCUT2D eigenvalue weighted by Gasteiger charge is 2.39. The summed E-state index contributed by atoms with van der Waals surface area (Å²) in [5, 5.41) is 18.4. The van der Waals surface area contributed by atoms with Gasteiger partial charge in [-0.25, -0.2) is 0 Å². The summed E-state index contributed by atoms with van der Waals surface area (Å²) in [7, 11) is 0. The van der Waals surface area contributed by atoms with E-state index >= 15 is 0 Å². The number of carboxylic acid groups (broad SMARTS) is 1. The minimum Gasteiger partial charge on any atom is -0.481 e. The SMILES string of the molecule is CC(C(=O)O)C1=NN(c2ccccc2Cl)C(=O)/C1=C(/CCl)NCc1ccccc1. The molecule has 1 aliphatic heterocycles. The third kappa shape index (κ3) is 4.44. The Labute approximate surface area is 178 Å². The van der Waals surface area contributed by atoms with Gasteiger partial charge in [0.05, 0.1) is 33.8 Å². The number of nitrogens with zero attached hydrogens (tertiary/aromatic N) is 2. The minimum absolute atomic E-state index is 0.00434. The molecule has 29 heavy (non-hydrogen) atoms. The Kier molecular flexibility index (Phi) is 6.56. The van der Waals surface area contributed by atoms with Gasteiger partial charge in [0.2, 0.25) is 0 Å².